The fourth-order valence-corrected chi connectivity index (χ4v) is 5.03. The van der Waals surface area contributed by atoms with Crippen molar-refractivity contribution >= 4 is 33.4 Å². The summed E-state index contributed by atoms with van der Waals surface area (Å²) in [6, 6.07) is 8.45. The van der Waals surface area contributed by atoms with Crippen molar-refractivity contribution in [2.75, 3.05) is 32.7 Å². The van der Waals surface area contributed by atoms with Crippen LogP contribution >= 0.6 is 11.3 Å². The lowest BCUT2D eigenvalue weighted by Gasteiger charge is -2.34. The summed E-state index contributed by atoms with van der Waals surface area (Å²) in [6.07, 6.45) is 2.17. The highest BCUT2D eigenvalue weighted by Crippen LogP contribution is 2.31. The van der Waals surface area contributed by atoms with Gasteiger partial charge in [0.15, 0.2) is 0 Å². The zero-order valence-corrected chi connectivity index (χ0v) is 18.1. The zero-order valence-electron chi connectivity index (χ0n) is 17.3. The highest BCUT2D eigenvalue weighted by atomic mass is 32.1. The molecule has 1 saturated carbocycles. The molecule has 0 radical (unpaired) electrons. The highest BCUT2D eigenvalue weighted by molar-refractivity contribution is 7.20. The molecule has 0 bridgehead atoms. The van der Waals surface area contributed by atoms with Gasteiger partial charge in [-0.2, -0.15) is 5.10 Å². The lowest BCUT2D eigenvalue weighted by atomic mass is 10.2. The molecule has 3 heterocycles. The Morgan fingerprint density at radius 3 is 2.55 bits per heavy atom. The second-order valence-electron chi connectivity index (χ2n) is 8.21. The summed E-state index contributed by atoms with van der Waals surface area (Å²) in [7, 11) is 0. The Hall–Kier alpha value is -2.78. The van der Waals surface area contributed by atoms with Gasteiger partial charge in [-0.25, -0.2) is 9.07 Å². The predicted octanol–water partition coefficient (Wildman–Crippen LogP) is 2.57. The van der Waals surface area contributed by atoms with E-state index in [-0.39, 0.29) is 17.6 Å². The van der Waals surface area contributed by atoms with Crippen LogP contribution in [0.1, 0.15) is 28.2 Å². The number of carbonyl (C=O) groups is 2. The number of piperazine rings is 1. The van der Waals surface area contributed by atoms with Crippen molar-refractivity contribution in [3.63, 3.8) is 0 Å². The Bertz CT molecular complexity index is 1130. The van der Waals surface area contributed by atoms with E-state index in [1.807, 2.05) is 17.9 Å². The number of aromatic nitrogens is 2. The van der Waals surface area contributed by atoms with Gasteiger partial charge in [0.1, 0.15) is 10.6 Å². The molecule has 1 saturated heterocycles. The molecule has 2 amide bonds. The first-order valence-corrected chi connectivity index (χ1v) is 11.4. The molecule has 2 aromatic heterocycles. The van der Waals surface area contributed by atoms with Crippen molar-refractivity contribution < 1.29 is 14.0 Å². The Balaban J connectivity index is 1.27. The first kappa shape index (κ1) is 20.1. The molecule has 162 valence electrons. The van der Waals surface area contributed by atoms with Crippen molar-refractivity contribution in [3.8, 4) is 5.69 Å². The van der Waals surface area contributed by atoms with Crippen LogP contribution < -0.4 is 5.32 Å². The maximum Gasteiger partial charge on any atom is 0.264 e. The molecule has 0 spiro atoms. The Kier molecular flexibility index (Phi) is 5.23. The normalized spacial score (nSPS) is 17.3. The van der Waals surface area contributed by atoms with Crippen LogP contribution in [0.15, 0.2) is 30.3 Å². The number of hydrogen-bond acceptors (Lipinski definition) is 5. The standard InChI is InChI=1S/C22H24FN5O2S/c1-14-18-12-19(31-22(18)28(25-14)17-6-2-15(23)3-7-17)21(30)27-10-8-26(9-11-27)13-20(29)24-16-4-5-16/h2-3,6-7,12,16H,4-5,8-11,13H2,1H3,(H,24,29). The van der Waals surface area contributed by atoms with E-state index in [0.717, 1.165) is 34.4 Å². The molecule has 9 heteroatoms. The van der Waals surface area contributed by atoms with Crippen LogP contribution in [0.25, 0.3) is 15.9 Å². The predicted molar refractivity (Wildman–Crippen MR) is 117 cm³/mol. The van der Waals surface area contributed by atoms with Crippen LogP contribution in [-0.2, 0) is 4.79 Å². The van der Waals surface area contributed by atoms with Gasteiger partial charge in [0.2, 0.25) is 5.91 Å². The van der Waals surface area contributed by atoms with E-state index in [1.54, 1.807) is 16.8 Å². The number of thiophene rings is 1. The maximum atomic E-state index is 13.3. The monoisotopic (exact) mass is 441 g/mol. The highest BCUT2D eigenvalue weighted by Gasteiger charge is 2.27. The molecule has 1 aromatic carbocycles. The Morgan fingerprint density at radius 1 is 1.16 bits per heavy atom. The van der Waals surface area contributed by atoms with E-state index in [4.69, 9.17) is 0 Å². The van der Waals surface area contributed by atoms with Gasteiger partial charge >= 0.3 is 0 Å². The topological polar surface area (TPSA) is 70.5 Å². The molecule has 1 aliphatic heterocycles. The van der Waals surface area contributed by atoms with E-state index in [2.05, 4.69) is 15.3 Å². The SMILES string of the molecule is Cc1nn(-c2ccc(F)cc2)c2sc(C(=O)N3CCN(CC(=O)NC4CC4)CC3)cc12. The van der Waals surface area contributed by atoms with E-state index < -0.39 is 0 Å². The number of halogens is 1. The number of benzene rings is 1. The van der Waals surface area contributed by atoms with Gasteiger partial charge in [-0.1, -0.05) is 0 Å². The van der Waals surface area contributed by atoms with Crippen LogP contribution in [0.2, 0.25) is 0 Å². The lowest BCUT2D eigenvalue weighted by Crippen LogP contribution is -2.51. The van der Waals surface area contributed by atoms with Gasteiger partial charge in [-0.3, -0.25) is 14.5 Å². The molecule has 1 aliphatic carbocycles. The molecule has 2 fully saturated rings. The minimum atomic E-state index is -0.296. The van der Waals surface area contributed by atoms with Crippen LogP contribution in [0.5, 0.6) is 0 Å². The number of carbonyl (C=O) groups excluding carboxylic acids is 2. The van der Waals surface area contributed by atoms with Crippen molar-refractivity contribution in [1.82, 2.24) is 24.9 Å². The summed E-state index contributed by atoms with van der Waals surface area (Å²) in [5.74, 6) is -0.212. The second-order valence-corrected chi connectivity index (χ2v) is 9.24. The average Bonchev–Trinajstić information content (AvgIpc) is 3.37. The average molecular weight is 442 g/mol. The van der Waals surface area contributed by atoms with Crippen molar-refractivity contribution in [1.29, 1.82) is 0 Å². The number of rotatable bonds is 5. The fraction of sp³-hybridized carbons (Fsp3) is 0.409. The molecule has 0 unspecified atom stereocenters. The number of nitrogens with one attached hydrogen (secondary N) is 1. The van der Waals surface area contributed by atoms with E-state index in [0.29, 0.717) is 43.6 Å². The van der Waals surface area contributed by atoms with Crippen LogP contribution in [0.4, 0.5) is 4.39 Å². The number of amides is 2. The van der Waals surface area contributed by atoms with Gasteiger partial charge in [0, 0.05) is 37.6 Å². The van der Waals surface area contributed by atoms with Crippen molar-refractivity contribution in [2.45, 2.75) is 25.8 Å². The lowest BCUT2D eigenvalue weighted by molar-refractivity contribution is -0.122. The first-order valence-electron chi connectivity index (χ1n) is 10.5. The quantitative estimate of drug-likeness (QED) is 0.661. The van der Waals surface area contributed by atoms with Crippen molar-refractivity contribution in [2.24, 2.45) is 0 Å². The third-order valence-electron chi connectivity index (χ3n) is 5.80. The minimum absolute atomic E-state index is 0.00772. The molecule has 5 rings (SSSR count). The number of aryl methyl sites for hydroxylation is 1. The number of nitrogens with zero attached hydrogens (tertiary/aromatic N) is 4. The Labute approximate surface area is 183 Å². The molecule has 7 nitrogen and oxygen atoms in total. The second kappa shape index (κ2) is 8.05. The zero-order chi connectivity index (χ0) is 21.5. The van der Waals surface area contributed by atoms with Crippen LogP contribution in [0, 0.1) is 12.7 Å². The molecular weight excluding hydrogens is 417 g/mol. The molecule has 0 atom stereocenters. The maximum absolute atomic E-state index is 13.3. The molecule has 2 aliphatic rings. The van der Waals surface area contributed by atoms with Gasteiger partial charge in [-0.05, 0) is 50.1 Å². The van der Waals surface area contributed by atoms with Crippen LogP contribution in [0.3, 0.4) is 0 Å². The molecule has 3 aromatic rings. The van der Waals surface area contributed by atoms with Crippen molar-refractivity contribution in [3.05, 3.63) is 46.7 Å². The van der Waals surface area contributed by atoms with E-state index in [1.165, 1.54) is 23.5 Å². The third kappa shape index (κ3) is 4.20. The third-order valence-corrected chi connectivity index (χ3v) is 6.89. The molecule has 31 heavy (non-hydrogen) atoms. The molecular formula is C22H24FN5O2S. The van der Waals surface area contributed by atoms with Gasteiger partial charge in [0.25, 0.3) is 5.91 Å². The smallest absolute Gasteiger partial charge is 0.264 e. The van der Waals surface area contributed by atoms with Gasteiger partial charge in [-0.15, -0.1) is 11.3 Å². The minimum Gasteiger partial charge on any atom is -0.352 e. The number of hydrogen-bond donors (Lipinski definition) is 1. The summed E-state index contributed by atoms with van der Waals surface area (Å²) in [6.45, 7) is 4.90. The first-order chi connectivity index (χ1) is 15.0. The van der Waals surface area contributed by atoms with Gasteiger partial charge < -0.3 is 10.2 Å². The van der Waals surface area contributed by atoms with Gasteiger partial charge in [0.05, 0.1) is 22.8 Å². The Morgan fingerprint density at radius 2 is 1.87 bits per heavy atom. The van der Waals surface area contributed by atoms with E-state index in [9.17, 15) is 14.0 Å². The summed E-state index contributed by atoms with van der Waals surface area (Å²) in [4.78, 5) is 30.6. The molecule has 1 N–H and O–H groups in total. The number of fused-ring (bicyclic) bond motifs is 1. The summed E-state index contributed by atoms with van der Waals surface area (Å²) < 4.78 is 15.1. The fourth-order valence-electron chi connectivity index (χ4n) is 3.88. The van der Waals surface area contributed by atoms with Crippen LogP contribution in [-0.4, -0.2) is 70.2 Å². The summed E-state index contributed by atoms with van der Waals surface area (Å²) >= 11 is 1.41. The summed E-state index contributed by atoms with van der Waals surface area (Å²) in [5.41, 5.74) is 1.60. The van der Waals surface area contributed by atoms with E-state index >= 15 is 0 Å². The summed E-state index contributed by atoms with van der Waals surface area (Å²) in [5, 5.41) is 8.51. The largest absolute Gasteiger partial charge is 0.352 e.